The van der Waals surface area contributed by atoms with Gasteiger partial charge in [-0.25, -0.2) is 37.6 Å². The average Bonchev–Trinajstić information content (AvgIpc) is 3.22. The van der Waals surface area contributed by atoms with Crippen molar-refractivity contribution in [2.24, 2.45) is 10.9 Å². The van der Waals surface area contributed by atoms with Crippen molar-refractivity contribution >= 4 is 44.2 Å². The molecule has 1 aromatic heterocycles. The van der Waals surface area contributed by atoms with Crippen LogP contribution < -0.4 is 10.6 Å². The molecule has 1 aromatic rings. The van der Waals surface area contributed by atoms with Crippen LogP contribution in [0, 0.1) is 18.3 Å². The number of phosphoric ester groups is 1. The first-order chi connectivity index (χ1) is 20.2. The number of aromatic nitrogens is 2. The van der Waals surface area contributed by atoms with Crippen molar-refractivity contribution in [3.8, 4) is 12.3 Å². The van der Waals surface area contributed by atoms with Crippen molar-refractivity contribution in [1.82, 2.24) is 9.97 Å². The molecular weight excluding hydrogens is 600 g/mol. The third kappa shape index (κ3) is 9.45. The Labute approximate surface area is 247 Å². The number of rotatable bonds is 15. The second kappa shape index (κ2) is 15.8. The fraction of sp³-hybridized carbons (Fsp3) is 0.625. The Morgan fingerprint density at radius 2 is 1.77 bits per heavy atom. The van der Waals surface area contributed by atoms with Gasteiger partial charge in [0.2, 0.25) is 13.6 Å². The molecule has 0 bridgehead atoms. The van der Waals surface area contributed by atoms with Crippen LogP contribution >= 0.6 is 7.82 Å². The lowest BCUT2D eigenvalue weighted by molar-refractivity contribution is -0.125. The van der Waals surface area contributed by atoms with Gasteiger partial charge in [-0.3, -0.25) is 9.52 Å². The number of nitrogen functional groups attached to an aromatic ring is 1. The fourth-order valence-corrected chi connectivity index (χ4v) is 4.54. The summed E-state index contributed by atoms with van der Waals surface area (Å²) in [6, 6.07) is 0. The van der Waals surface area contributed by atoms with E-state index in [0.29, 0.717) is 0 Å². The molecular formula is C24H35FN5O12P. The van der Waals surface area contributed by atoms with E-state index in [9.17, 15) is 23.7 Å². The van der Waals surface area contributed by atoms with Gasteiger partial charge in [0.15, 0.2) is 11.6 Å². The van der Waals surface area contributed by atoms with Crippen LogP contribution in [-0.2, 0) is 41.8 Å². The predicted octanol–water partition coefficient (Wildman–Crippen LogP) is 2.70. The highest BCUT2D eigenvalue weighted by atomic mass is 31.2. The van der Waals surface area contributed by atoms with E-state index in [1.165, 1.54) is 11.9 Å². The molecule has 240 valence electrons. The van der Waals surface area contributed by atoms with Crippen LogP contribution in [0.1, 0.15) is 27.7 Å². The minimum Gasteiger partial charge on any atom is -0.432 e. The van der Waals surface area contributed by atoms with Gasteiger partial charge in [-0.05, 0) is 34.4 Å². The monoisotopic (exact) mass is 635 g/mol. The van der Waals surface area contributed by atoms with Gasteiger partial charge in [0, 0.05) is 7.05 Å². The Morgan fingerprint density at radius 1 is 1.21 bits per heavy atom. The van der Waals surface area contributed by atoms with E-state index in [4.69, 9.17) is 39.9 Å². The van der Waals surface area contributed by atoms with Crippen molar-refractivity contribution < 1.29 is 60.9 Å². The molecule has 0 aromatic carbocycles. The fourth-order valence-electron chi connectivity index (χ4n) is 3.57. The molecule has 2 heterocycles. The summed E-state index contributed by atoms with van der Waals surface area (Å²) in [5.74, 6) is 1.24. The number of alkyl halides is 1. The molecule has 19 heteroatoms. The minimum atomic E-state index is -4.83. The zero-order valence-electron chi connectivity index (χ0n) is 24.2. The summed E-state index contributed by atoms with van der Waals surface area (Å²) in [6.45, 7) is 5.24. The number of phosphoric acid groups is 1. The van der Waals surface area contributed by atoms with Gasteiger partial charge in [0.1, 0.15) is 36.6 Å². The van der Waals surface area contributed by atoms with Crippen LogP contribution in [-0.4, -0.2) is 98.2 Å². The summed E-state index contributed by atoms with van der Waals surface area (Å²) >= 11 is 0. The van der Waals surface area contributed by atoms with Crippen LogP contribution in [0.4, 0.5) is 31.3 Å². The van der Waals surface area contributed by atoms with Gasteiger partial charge in [-0.1, -0.05) is 5.92 Å². The van der Waals surface area contributed by atoms with Gasteiger partial charge >= 0.3 is 20.1 Å². The second-order valence-corrected chi connectivity index (χ2v) is 11.0. The molecule has 1 aliphatic rings. The molecule has 1 saturated heterocycles. The highest BCUT2D eigenvalue weighted by molar-refractivity contribution is 7.48. The maximum Gasteiger partial charge on any atom is 0.510 e. The number of anilines is 2. The number of hydrogen-bond acceptors (Lipinski definition) is 17. The van der Waals surface area contributed by atoms with Crippen molar-refractivity contribution in [2.45, 2.75) is 57.8 Å². The predicted molar refractivity (Wildman–Crippen MR) is 147 cm³/mol. The highest BCUT2D eigenvalue weighted by Gasteiger charge is 2.57. The van der Waals surface area contributed by atoms with Crippen LogP contribution in [0.2, 0.25) is 0 Å². The molecule has 0 radical (unpaired) electrons. The molecule has 0 saturated carbocycles. The number of hydrogen-bond donors (Lipinski definition) is 2. The molecule has 0 aliphatic carbocycles. The molecule has 2 rings (SSSR count). The van der Waals surface area contributed by atoms with Gasteiger partial charge < -0.3 is 39.4 Å². The molecule has 4 unspecified atom stereocenters. The lowest BCUT2D eigenvalue weighted by atomic mass is 9.91. The van der Waals surface area contributed by atoms with E-state index >= 15 is 0 Å². The van der Waals surface area contributed by atoms with Crippen molar-refractivity contribution in [3.63, 3.8) is 0 Å². The molecule has 43 heavy (non-hydrogen) atoms. The van der Waals surface area contributed by atoms with E-state index in [1.807, 2.05) is 0 Å². The number of carbonyl (C=O) groups excluding carboxylic acids is 2. The summed E-state index contributed by atoms with van der Waals surface area (Å²) in [6.07, 6.45) is 0.393. The van der Waals surface area contributed by atoms with E-state index in [2.05, 4.69) is 37.1 Å². The summed E-state index contributed by atoms with van der Waals surface area (Å²) in [4.78, 5) is 36.4. The van der Waals surface area contributed by atoms with Crippen LogP contribution in [0.5, 0.6) is 0 Å². The number of carbonyl (C=O) groups is 2. The van der Waals surface area contributed by atoms with E-state index in [-0.39, 0.29) is 17.3 Å². The summed E-state index contributed by atoms with van der Waals surface area (Å²) < 4.78 is 67.9. The third-order valence-corrected chi connectivity index (χ3v) is 6.86. The summed E-state index contributed by atoms with van der Waals surface area (Å²) in [7, 11) is -3.37. The Kier molecular flexibility index (Phi) is 13.0. The smallest absolute Gasteiger partial charge is 0.432 e. The molecule has 0 spiro atoms. The Hall–Kier alpha value is -3.59. The minimum absolute atomic E-state index is 0.0167. The zero-order chi connectivity index (χ0) is 32.4. The normalized spacial score (nSPS) is 21.7. The first-order valence-electron chi connectivity index (χ1n) is 12.6. The number of nitrogens with two attached hydrogens (primary N) is 1. The number of ether oxygens (including phenoxy) is 5. The quantitative estimate of drug-likeness (QED) is 0.0932. The Bertz CT molecular complexity index is 1190. The number of halogens is 1. The Balaban J connectivity index is 2.26. The number of aliphatic imine (C=N–C) groups is 1. The SMILES string of the molecule is C#CC1C(N(C)c2ncnc(N)c2N=C)OC(CF)(COP(=O)(OCOC(=O)OC(C)C)OCOC(=O)OC(C)C)C1O. The number of aliphatic hydroxyl groups is 1. The van der Waals surface area contributed by atoms with Crippen LogP contribution in [0.15, 0.2) is 11.3 Å². The van der Waals surface area contributed by atoms with Crippen LogP contribution in [0.3, 0.4) is 0 Å². The second-order valence-electron chi connectivity index (χ2n) is 9.38. The van der Waals surface area contributed by atoms with Crippen LogP contribution in [0.25, 0.3) is 0 Å². The Morgan fingerprint density at radius 3 is 2.23 bits per heavy atom. The first-order valence-corrected chi connectivity index (χ1v) is 14.1. The topological polar surface area (TPSA) is 213 Å². The first kappa shape index (κ1) is 35.6. The van der Waals surface area contributed by atoms with E-state index in [1.54, 1.807) is 27.7 Å². The molecule has 3 N–H and O–H groups in total. The zero-order valence-corrected chi connectivity index (χ0v) is 25.1. The van der Waals surface area contributed by atoms with E-state index in [0.717, 1.165) is 6.33 Å². The molecule has 17 nitrogen and oxygen atoms in total. The maximum absolute atomic E-state index is 14.6. The largest absolute Gasteiger partial charge is 0.510 e. The van der Waals surface area contributed by atoms with Gasteiger partial charge in [-0.15, -0.1) is 6.42 Å². The molecule has 4 atom stereocenters. The molecule has 1 fully saturated rings. The number of terminal acetylenes is 1. The lowest BCUT2D eigenvalue weighted by Crippen LogP contribution is -2.47. The number of aliphatic hydroxyl groups excluding tert-OH is 1. The number of nitrogens with zero attached hydrogens (tertiary/aromatic N) is 4. The van der Waals surface area contributed by atoms with Gasteiger partial charge in [-0.2, -0.15) is 0 Å². The standard InChI is InChI=1S/C24H35FN5O12P/c1-8-16-18(31)24(9-25,42-21(16)30(7)20-17(27-6)19(26)28-11-29-20)10-37-43(34,38-12-35-22(32)40-14(2)3)39-13-36-23(33)41-15(4)5/h1,11,14-16,18,21,31H,6,9-10,12-13H2,2-5,7H3,(H2,26,28,29). The third-order valence-electron chi connectivity index (χ3n) is 5.57. The van der Waals surface area contributed by atoms with Crippen molar-refractivity contribution in [2.75, 3.05) is 44.5 Å². The lowest BCUT2D eigenvalue weighted by Gasteiger charge is -2.31. The maximum atomic E-state index is 14.6. The molecule has 1 aliphatic heterocycles. The van der Waals surface area contributed by atoms with Crippen molar-refractivity contribution in [1.29, 1.82) is 0 Å². The average molecular weight is 636 g/mol. The summed E-state index contributed by atoms with van der Waals surface area (Å²) in [5, 5.41) is 11.1. The highest BCUT2D eigenvalue weighted by Crippen LogP contribution is 2.51. The van der Waals surface area contributed by atoms with Gasteiger partial charge in [0.05, 0.1) is 24.7 Å². The van der Waals surface area contributed by atoms with Crippen molar-refractivity contribution in [3.05, 3.63) is 6.33 Å². The molecule has 0 amide bonds. The van der Waals surface area contributed by atoms with Gasteiger partial charge in [0.25, 0.3) is 0 Å². The van der Waals surface area contributed by atoms with E-state index < -0.39 is 83.1 Å². The summed E-state index contributed by atoms with van der Waals surface area (Å²) in [5.41, 5.74) is 3.69.